The summed E-state index contributed by atoms with van der Waals surface area (Å²) in [5.41, 5.74) is 41.7. The predicted octanol–water partition coefficient (Wildman–Crippen LogP) is 5.04. The molecular formula is C39H62N8O4. The zero-order chi connectivity index (χ0) is 37.2. The second kappa shape index (κ2) is 18.8. The largest absolute Gasteiger partial charge is 0.491 e. The standard InChI is InChI=1S/C38H58N8O4.CH4/c1-37(2,3)23-17-29(43)25(9-7-11-39)31(19-23)45-35(47)27-21-28(34(50-16-14-42)22-33(27)49-15-13-41)36(48)46-32-20-24(38(4,5)6)18-30(44)26(32)10-8-12-40;/h17-22H,7-16,39-44H2,1-6H3,(H,45,47)(H,46,48);1H4. The molecule has 0 aliphatic heterocycles. The van der Waals surface area contributed by atoms with Crippen molar-refractivity contribution < 1.29 is 19.1 Å². The van der Waals surface area contributed by atoms with Gasteiger partial charge in [-0.3, -0.25) is 9.59 Å². The van der Waals surface area contributed by atoms with Gasteiger partial charge in [-0.2, -0.15) is 0 Å². The van der Waals surface area contributed by atoms with Gasteiger partial charge < -0.3 is 54.5 Å². The Labute approximate surface area is 304 Å². The van der Waals surface area contributed by atoms with E-state index in [1.165, 1.54) is 12.1 Å². The Morgan fingerprint density at radius 3 is 1.27 bits per heavy atom. The second-order valence-corrected chi connectivity index (χ2v) is 14.5. The van der Waals surface area contributed by atoms with E-state index in [9.17, 15) is 9.59 Å². The molecule has 51 heavy (non-hydrogen) atoms. The van der Waals surface area contributed by atoms with Crippen molar-refractivity contribution >= 4 is 34.6 Å². The van der Waals surface area contributed by atoms with Gasteiger partial charge in [-0.1, -0.05) is 49.0 Å². The van der Waals surface area contributed by atoms with Crippen LogP contribution in [0.2, 0.25) is 0 Å². The van der Waals surface area contributed by atoms with E-state index >= 15 is 0 Å². The van der Waals surface area contributed by atoms with Crippen LogP contribution < -0.4 is 54.5 Å². The molecule has 3 aromatic carbocycles. The minimum absolute atomic E-state index is 0. The van der Waals surface area contributed by atoms with Crippen molar-refractivity contribution in [3.63, 3.8) is 0 Å². The fourth-order valence-corrected chi connectivity index (χ4v) is 5.47. The molecule has 0 heterocycles. The zero-order valence-corrected chi connectivity index (χ0v) is 30.6. The lowest BCUT2D eigenvalue weighted by Gasteiger charge is -2.24. The normalized spacial score (nSPS) is 11.5. The van der Waals surface area contributed by atoms with Crippen LogP contribution in [-0.4, -0.2) is 51.2 Å². The molecule has 3 aromatic rings. The van der Waals surface area contributed by atoms with Gasteiger partial charge in [0.1, 0.15) is 24.7 Å². The number of carbonyl (C=O) groups is 2. The van der Waals surface area contributed by atoms with E-state index in [-0.39, 0.29) is 67.2 Å². The summed E-state index contributed by atoms with van der Waals surface area (Å²) in [5, 5.41) is 6.11. The van der Waals surface area contributed by atoms with Gasteiger partial charge in [0.2, 0.25) is 0 Å². The summed E-state index contributed by atoms with van der Waals surface area (Å²) >= 11 is 0. The van der Waals surface area contributed by atoms with Crippen LogP contribution in [0.25, 0.3) is 0 Å². The van der Waals surface area contributed by atoms with Crippen molar-refractivity contribution in [3.05, 3.63) is 69.8 Å². The highest BCUT2D eigenvalue weighted by Crippen LogP contribution is 2.36. The van der Waals surface area contributed by atoms with Crippen LogP contribution >= 0.6 is 0 Å². The molecule has 0 aromatic heterocycles. The summed E-state index contributed by atoms with van der Waals surface area (Å²) in [5.74, 6) is -0.609. The molecule has 0 bridgehead atoms. The summed E-state index contributed by atoms with van der Waals surface area (Å²) < 4.78 is 11.9. The van der Waals surface area contributed by atoms with E-state index in [1.807, 2.05) is 24.3 Å². The number of anilines is 4. The first-order chi connectivity index (χ1) is 23.5. The molecule has 12 heteroatoms. The lowest BCUT2D eigenvalue weighted by Crippen LogP contribution is -2.22. The van der Waals surface area contributed by atoms with E-state index in [1.54, 1.807) is 0 Å². The van der Waals surface area contributed by atoms with Crippen LogP contribution in [-0.2, 0) is 23.7 Å². The fourth-order valence-electron chi connectivity index (χ4n) is 5.47. The van der Waals surface area contributed by atoms with Gasteiger partial charge in [0.15, 0.2) is 0 Å². The number of amides is 2. The SMILES string of the molecule is C.CC(C)(C)c1cc(N)c(CCCN)c(NC(=O)c2cc(C(=O)Nc3cc(C(C)(C)C)cc(N)c3CCCN)c(OCCN)cc2OCCN)c1. The average Bonchev–Trinajstić information content (AvgIpc) is 3.04. The number of hydrogen-bond donors (Lipinski definition) is 8. The predicted molar refractivity (Wildman–Crippen MR) is 212 cm³/mol. The molecule has 3 rings (SSSR count). The molecule has 0 saturated heterocycles. The molecule has 0 fully saturated rings. The average molecular weight is 707 g/mol. The molecule has 282 valence electrons. The Kier molecular flexibility index (Phi) is 15.7. The van der Waals surface area contributed by atoms with Gasteiger partial charge in [0.25, 0.3) is 11.8 Å². The topological polar surface area (TPSA) is 233 Å². The van der Waals surface area contributed by atoms with E-state index in [0.29, 0.717) is 61.5 Å². The first kappa shape index (κ1) is 42.8. The Morgan fingerprint density at radius 2 is 0.961 bits per heavy atom. The van der Waals surface area contributed by atoms with Crippen LogP contribution in [0.4, 0.5) is 22.7 Å². The summed E-state index contributed by atoms with van der Waals surface area (Å²) in [6, 6.07) is 10.7. The third-order valence-corrected chi connectivity index (χ3v) is 8.38. The summed E-state index contributed by atoms with van der Waals surface area (Å²) in [6.45, 7) is 14.0. The molecule has 0 unspecified atom stereocenters. The van der Waals surface area contributed by atoms with Gasteiger partial charge in [-0.05, 0) is 102 Å². The van der Waals surface area contributed by atoms with Gasteiger partial charge in [0.05, 0.1) is 11.1 Å². The van der Waals surface area contributed by atoms with Crippen molar-refractivity contribution in [3.8, 4) is 11.5 Å². The number of nitrogens with one attached hydrogen (secondary N) is 2. The van der Waals surface area contributed by atoms with E-state index in [4.69, 9.17) is 43.9 Å². The highest BCUT2D eigenvalue weighted by Gasteiger charge is 2.26. The van der Waals surface area contributed by atoms with Crippen molar-refractivity contribution in [1.29, 1.82) is 0 Å². The molecule has 0 atom stereocenters. The van der Waals surface area contributed by atoms with Crippen LogP contribution in [0.3, 0.4) is 0 Å². The van der Waals surface area contributed by atoms with Crippen molar-refractivity contribution in [2.24, 2.45) is 22.9 Å². The molecule has 0 spiro atoms. The van der Waals surface area contributed by atoms with Crippen LogP contribution in [0.15, 0.2) is 36.4 Å². The number of hydrogen-bond acceptors (Lipinski definition) is 10. The lowest BCUT2D eigenvalue weighted by molar-refractivity contribution is 0.102. The first-order valence-electron chi connectivity index (χ1n) is 17.3. The Bertz CT molecular complexity index is 1530. The number of ether oxygens (including phenoxy) is 2. The molecule has 2 amide bonds. The maximum absolute atomic E-state index is 14.2. The Balaban J connectivity index is 0.00000901. The highest BCUT2D eigenvalue weighted by atomic mass is 16.5. The zero-order valence-electron chi connectivity index (χ0n) is 30.6. The Morgan fingerprint density at radius 1 is 0.588 bits per heavy atom. The molecule has 12 nitrogen and oxygen atoms in total. The third-order valence-electron chi connectivity index (χ3n) is 8.38. The molecule has 14 N–H and O–H groups in total. The van der Waals surface area contributed by atoms with Crippen LogP contribution in [0.5, 0.6) is 11.5 Å². The first-order valence-corrected chi connectivity index (χ1v) is 17.3. The summed E-state index contributed by atoms with van der Waals surface area (Å²) in [4.78, 5) is 28.4. The summed E-state index contributed by atoms with van der Waals surface area (Å²) in [7, 11) is 0. The minimum Gasteiger partial charge on any atom is -0.491 e. The maximum Gasteiger partial charge on any atom is 0.259 e. The maximum atomic E-state index is 14.2. The Hall–Kier alpha value is -4.36. The van der Waals surface area contributed by atoms with Gasteiger partial charge in [-0.25, -0.2) is 0 Å². The molecule has 0 aliphatic rings. The number of nitrogen functional groups attached to an aromatic ring is 2. The fraction of sp³-hybridized carbons (Fsp3) is 0.487. The van der Waals surface area contributed by atoms with Crippen LogP contribution in [0.1, 0.15) is 105 Å². The van der Waals surface area contributed by atoms with Crippen molar-refractivity contribution in [2.45, 2.75) is 85.5 Å². The molecule has 0 saturated carbocycles. The summed E-state index contributed by atoms with van der Waals surface area (Å²) in [6.07, 6.45) is 2.50. The van der Waals surface area contributed by atoms with Gasteiger partial charge in [-0.15, -0.1) is 0 Å². The quantitative estimate of drug-likeness (QED) is 0.0924. The van der Waals surface area contributed by atoms with E-state index in [2.05, 4.69) is 52.2 Å². The minimum atomic E-state index is -0.501. The number of carbonyl (C=O) groups excluding carboxylic acids is 2. The number of nitrogens with two attached hydrogens (primary N) is 6. The lowest BCUT2D eigenvalue weighted by atomic mass is 9.85. The van der Waals surface area contributed by atoms with E-state index in [0.717, 1.165) is 22.3 Å². The van der Waals surface area contributed by atoms with Gasteiger partial charge in [0, 0.05) is 41.9 Å². The molecular weight excluding hydrogens is 644 g/mol. The van der Waals surface area contributed by atoms with Crippen LogP contribution in [0, 0.1) is 0 Å². The number of rotatable bonds is 16. The van der Waals surface area contributed by atoms with Crippen molar-refractivity contribution in [1.82, 2.24) is 0 Å². The van der Waals surface area contributed by atoms with Crippen molar-refractivity contribution in [2.75, 3.05) is 61.5 Å². The third kappa shape index (κ3) is 11.3. The van der Waals surface area contributed by atoms with Gasteiger partial charge >= 0.3 is 0 Å². The molecule has 0 radical (unpaired) electrons. The highest BCUT2D eigenvalue weighted by molar-refractivity contribution is 6.12. The molecule has 0 aliphatic carbocycles. The monoisotopic (exact) mass is 706 g/mol. The number of benzene rings is 3. The van der Waals surface area contributed by atoms with E-state index < -0.39 is 11.8 Å². The smallest absolute Gasteiger partial charge is 0.259 e. The second-order valence-electron chi connectivity index (χ2n) is 14.5.